The second-order valence-electron chi connectivity index (χ2n) is 4.04. The number of aromatic nitrogens is 2. The summed E-state index contributed by atoms with van der Waals surface area (Å²) in [6, 6.07) is 0. The lowest BCUT2D eigenvalue weighted by Gasteiger charge is -2.26. The Bertz CT molecular complexity index is 412. The third-order valence-electron chi connectivity index (χ3n) is 2.96. The lowest BCUT2D eigenvalue weighted by Crippen LogP contribution is -2.38. The summed E-state index contributed by atoms with van der Waals surface area (Å²) in [6.07, 6.45) is 1.43. The van der Waals surface area contributed by atoms with Gasteiger partial charge in [-0.25, -0.2) is 4.79 Å². The van der Waals surface area contributed by atoms with Crippen LogP contribution in [0.1, 0.15) is 10.5 Å². The fraction of sp³-hybridized carbons (Fsp3) is 0.636. The maximum atomic E-state index is 11.1. The monoisotopic (exact) mass is 255 g/mol. The number of hydrogen-bond donors (Lipinski definition) is 1. The summed E-state index contributed by atoms with van der Waals surface area (Å²) in [4.78, 5) is 13.4. The number of nitrogens with zero attached hydrogens (tertiary/aromatic N) is 3. The SMILES string of the molecule is COc1cnn(CCN2CCOCC2)c1C(=O)O. The van der Waals surface area contributed by atoms with Crippen molar-refractivity contribution in [2.75, 3.05) is 40.0 Å². The number of morpholine rings is 1. The molecule has 7 nitrogen and oxygen atoms in total. The Hall–Kier alpha value is -1.60. The lowest BCUT2D eigenvalue weighted by molar-refractivity contribution is 0.0356. The predicted octanol–water partition coefficient (Wildman–Crippen LogP) is -0.0779. The highest BCUT2D eigenvalue weighted by Gasteiger charge is 2.19. The Morgan fingerprint density at radius 1 is 1.50 bits per heavy atom. The second kappa shape index (κ2) is 5.83. The van der Waals surface area contributed by atoms with Gasteiger partial charge in [-0.3, -0.25) is 9.58 Å². The molecule has 1 aromatic heterocycles. The van der Waals surface area contributed by atoms with Crippen molar-refractivity contribution in [1.29, 1.82) is 0 Å². The van der Waals surface area contributed by atoms with Gasteiger partial charge in [0.25, 0.3) is 0 Å². The number of carbonyl (C=O) groups is 1. The summed E-state index contributed by atoms with van der Waals surface area (Å²) in [5.74, 6) is -0.726. The zero-order valence-electron chi connectivity index (χ0n) is 10.3. The Labute approximate surface area is 105 Å². The molecule has 0 unspecified atom stereocenters. The van der Waals surface area contributed by atoms with E-state index in [1.54, 1.807) is 0 Å². The molecule has 1 N–H and O–H groups in total. The van der Waals surface area contributed by atoms with Crippen molar-refractivity contribution in [3.05, 3.63) is 11.9 Å². The van der Waals surface area contributed by atoms with E-state index >= 15 is 0 Å². The van der Waals surface area contributed by atoms with Crippen LogP contribution in [0, 0.1) is 0 Å². The molecule has 0 radical (unpaired) electrons. The first-order valence-corrected chi connectivity index (χ1v) is 5.85. The number of hydrogen-bond acceptors (Lipinski definition) is 5. The van der Waals surface area contributed by atoms with Gasteiger partial charge in [-0.05, 0) is 0 Å². The molecule has 1 aliphatic rings. The van der Waals surface area contributed by atoms with Crippen LogP contribution in [0.3, 0.4) is 0 Å². The molecule has 0 amide bonds. The van der Waals surface area contributed by atoms with E-state index in [4.69, 9.17) is 14.6 Å². The highest BCUT2D eigenvalue weighted by atomic mass is 16.5. The quantitative estimate of drug-likeness (QED) is 0.793. The molecule has 1 aliphatic heterocycles. The van der Waals surface area contributed by atoms with Crippen molar-refractivity contribution >= 4 is 5.97 Å². The lowest BCUT2D eigenvalue weighted by atomic mass is 10.3. The van der Waals surface area contributed by atoms with Crippen LogP contribution in [-0.4, -0.2) is 65.7 Å². The van der Waals surface area contributed by atoms with Crippen molar-refractivity contribution in [3.63, 3.8) is 0 Å². The van der Waals surface area contributed by atoms with E-state index in [1.165, 1.54) is 18.0 Å². The molecule has 0 atom stereocenters. The van der Waals surface area contributed by atoms with Crippen molar-refractivity contribution in [2.45, 2.75) is 6.54 Å². The summed E-state index contributed by atoms with van der Waals surface area (Å²) in [6.45, 7) is 4.50. The first-order chi connectivity index (χ1) is 8.72. The number of carboxylic acids is 1. The molecule has 2 heterocycles. The number of carboxylic acid groups (broad SMARTS) is 1. The Morgan fingerprint density at radius 2 is 2.22 bits per heavy atom. The number of methoxy groups -OCH3 is 1. The third kappa shape index (κ3) is 2.80. The fourth-order valence-corrected chi connectivity index (χ4v) is 1.96. The van der Waals surface area contributed by atoms with Gasteiger partial charge >= 0.3 is 5.97 Å². The molecule has 0 bridgehead atoms. The molecule has 0 spiro atoms. The van der Waals surface area contributed by atoms with Crippen LogP contribution in [-0.2, 0) is 11.3 Å². The molecule has 7 heteroatoms. The van der Waals surface area contributed by atoms with E-state index in [1.807, 2.05) is 0 Å². The molecule has 0 aliphatic carbocycles. The van der Waals surface area contributed by atoms with E-state index in [9.17, 15) is 4.79 Å². The molecule has 1 fully saturated rings. The van der Waals surface area contributed by atoms with Gasteiger partial charge in [-0.1, -0.05) is 0 Å². The minimum Gasteiger partial charge on any atom is -0.493 e. The summed E-state index contributed by atoms with van der Waals surface area (Å²) in [7, 11) is 1.44. The van der Waals surface area contributed by atoms with Gasteiger partial charge in [0.15, 0.2) is 11.4 Å². The standard InChI is InChI=1S/C11H17N3O4/c1-17-9-8-12-14(10(9)11(15)16)3-2-13-4-6-18-7-5-13/h8H,2-7H2,1H3,(H,15,16). The first kappa shape index (κ1) is 12.8. The Morgan fingerprint density at radius 3 is 2.83 bits per heavy atom. The molecular formula is C11H17N3O4. The minimum absolute atomic E-state index is 0.103. The van der Waals surface area contributed by atoms with Gasteiger partial charge in [-0.15, -0.1) is 0 Å². The van der Waals surface area contributed by atoms with Gasteiger partial charge in [0.05, 0.1) is 33.1 Å². The zero-order valence-corrected chi connectivity index (χ0v) is 10.3. The minimum atomic E-state index is -1.02. The molecule has 1 aromatic rings. The molecule has 18 heavy (non-hydrogen) atoms. The summed E-state index contributed by atoms with van der Waals surface area (Å²) < 4.78 is 11.7. The second-order valence-corrected chi connectivity index (χ2v) is 4.04. The van der Waals surface area contributed by atoms with Gasteiger partial charge < -0.3 is 14.6 Å². The molecule has 1 saturated heterocycles. The third-order valence-corrected chi connectivity index (χ3v) is 2.96. The van der Waals surface area contributed by atoms with Crippen molar-refractivity contribution < 1.29 is 19.4 Å². The van der Waals surface area contributed by atoms with Gasteiger partial charge in [0.2, 0.25) is 0 Å². The maximum Gasteiger partial charge on any atom is 0.358 e. The molecular weight excluding hydrogens is 238 g/mol. The van der Waals surface area contributed by atoms with E-state index < -0.39 is 5.97 Å². The number of ether oxygens (including phenoxy) is 2. The predicted molar refractivity (Wildman–Crippen MR) is 63.0 cm³/mol. The number of aromatic carboxylic acids is 1. The summed E-state index contributed by atoms with van der Waals surface area (Å²) >= 11 is 0. The van der Waals surface area contributed by atoms with Crippen LogP contribution in [0.5, 0.6) is 5.75 Å². The van der Waals surface area contributed by atoms with Crippen molar-refractivity contribution in [1.82, 2.24) is 14.7 Å². The van der Waals surface area contributed by atoms with Crippen LogP contribution in [0.4, 0.5) is 0 Å². The molecule has 2 rings (SSSR count). The molecule has 0 aromatic carbocycles. The Kier molecular flexibility index (Phi) is 4.16. The summed E-state index contributed by atoms with van der Waals surface area (Å²) in [5, 5.41) is 13.2. The molecule has 100 valence electrons. The largest absolute Gasteiger partial charge is 0.493 e. The van der Waals surface area contributed by atoms with Gasteiger partial charge in [0.1, 0.15) is 0 Å². The maximum absolute atomic E-state index is 11.1. The van der Waals surface area contributed by atoms with Crippen LogP contribution >= 0.6 is 0 Å². The fourth-order valence-electron chi connectivity index (χ4n) is 1.96. The van der Waals surface area contributed by atoms with E-state index in [0.717, 1.165) is 32.8 Å². The normalized spacial score (nSPS) is 16.7. The summed E-state index contributed by atoms with van der Waals surface area (Å²) in [5.41, 5.74) is 0.103. The molecule has 0 saturated carbocycles. The Balaban J connectivity index is 2.00. The average molecular weight is 255 g/mol. The van der Waals surface area contributed by atoms with Crippen LogP contribution in [0.2, 0.25) is 0 Å². The van der Waals surface area contributed by atoms with E-state index in [0.29, 0.717) is 12.3 Å². The van der Waals surface area contributed by atoms with Crippen LogP contribution in [0.15, 0.2) is 6.20 Å². The van der Waals surface area contributed by atoms with Gasteiger partial charge in [-0.2, -0.15) is 5.10 Å². The van der Waals surface area contributed by atoms with Crippen molar-refractivity contribution in [2.24, 2.45) is 0 Å². The van der Waals surface area contributed by atoms with Gasteiger partial charge in [0, 0.05) is 19.6 Å². The smallest absolute Gasteiger partial charge is 0.358 e. The van der Waals surface area contributed by atoms with E-state index in [-0.39, 0.29) is 5.69 Å². The zero-order chi connectivity index (χ0) is 13.0. The first-order valence-electron chi connectivity index (χ1n) is 5.85. The highest BCUT2D eigenvalue weighted by Crippen LogP contribution is 2.17. The van der Waals surface area contributed by atoms with Crippen LogP contribution in [0.25, 0.3) is 0 Å². The van der Waals surface area contributed by atoms with E-state index in [2.05, 4.69) is 10.00 Å². The van der Waals surface area contributed by atoms with Crippen molar-refractivity contribution in [3.8, 4) is 5.75 Å². The van der Waals surface area contributed by atoms with Crippen LogP contribution < -0.4 is 4.74 Å². The number of rotatable bonds is 5. The highest BCUT2D eigenvalue weighted by molar-refractivity contribution is 5.88. The topological polar surface area (TPSA) is 76.8 Å². The average Bonchev–Trinajstić information content (AvgIpc) is 2.80.